The molecule has 0 aliphatic carbocycles. The second-order valence-electron chi connectivity index (χ2n) is 4.94. The van der Waals surface area contributed by atoms with Crippen molar-refractivity contribution in [1.29, 1.82) is 0 Å². The Morgan fingerprint density at radius 2 is 2.33 bits per heavy atom. The lowest BCUT2D eigenvalue weighted by Gasteiger charge is -2.04. The number of carbonyl (C=O) groups excluding carboxylic acids is 1. The van der Waals surface area contributed by atoms with E-state index < -0.39 is 0 Å². The molecule has 0 fully saturated rings. The molecule has 0 bridgehead atoms. The van der Waals surface area contributed by atoms with E-state index in [1.165, 1.54) is 5.56 Å². The smallest absolute Gasteiger partial charge is 0.244 e. The molecule has 0 saturated carbocycles. The van der Waals surface area contributed by atoms with Crippen molar-refractivity contribution in [2.75, 3.05) is 13.2 Å². The van der Waals surface area contributed by atoms with Crippen LogP contribution in [0, 0.1) is 5.92 Å². The van der Waals surface area contributed by atoms with Gasteiger partial charge in [-0.15, -0.1) is 0 Å². The maximum Gasteiger partial charge on any atom is 0.244 e. The summed E-state index contributed by atoms with van der Waals surface area (Å²) in [5.74, 6) is 1.40. The minimum absolute atomic E-state index is 0.0413. The predicted octanol–water partition coefficient (Wildman–Crippen LogP) is 2.41. The Balaban J connectivity index is 1.94. The molecule has 96 valence electrons. The van der Waals surface area contributed by atoms with E-state index in [1.54, 1.807) is 6.08 Å². The van der Waals surface area contributed by atoms with Crippen molar-refractivity contribution < 1.29 is 9.53 Å². The van der Waals surface area contributed by atoms with Crippen molar-refractivity contribution in [3.63, 3.8) is 0 Å². The van der Waals surface area contributed by atoms with Crippen LogP contribution in [0.15, 0.2) is 24.3 Å². The number of hydrogen-bond donors (Lipinski definition) is 1. The van der Waals surface area contributed by atoms with Gasteiger partial charge in [-0.25, -0.2) is 0 Å². The zero-order valence-electron chi connectivity index (χ0n) is 10.9. The minimum atomic E-state index is -0.0413. The van der Waals surface area contributed by atoms with Gasteiger partial charge < -0.3 is 10.1 Å². The first-order valence-electron chi connectivity index (χ1n) is 6.37. The first-order chi connectivity index (χ1) is 8.65. The van der Waals surface area contributed by atoms with Crippen LogP contribution in [0.5, 0.6) is 5.75 Å². The van der Waals surface area contributed by atoms with Gasteiger partial charge >= 0.3 is 0 Å². The Bertz CT molecular complexity index is 464. The summed E-state index contributed by atoms with van der Waals surface area (Å²) in [6.07, 6.45) is 4.38. The number of rotatable bonds is 4. The maximum atomic E-state index is 11.5. The zero-order chi connectivity index (χ0) is 13.0. The predicted molar refractivity (Wildman–Crippen MR) is 72.5 cm³/mol. The molecule has 0 spiro atoms. The summed E-state index contributed by atoms with van der Waals surface area (Å²) in [4.78, 5) is 11.5. The monoisotopic (exact) mass is 245 g/mol. The highest BCUT2D eigenvalue weighted by molar-refractivity contribution is 5.91. The topological polar surface area (TPSA) is 38.3 Å². The van der Waals surface area contributed by atoms with Gasteiger partial charge in [-0.3, -0.25) is 4.79 Å². The molecule has 1 N–H and O–H groups in total. The average molecular weight is 245 g/mol. The molecule has 1 aromatic rings. The minimum Gasteiger partial charge on any atom is -0.493 e. The number of fused-ring (bicyclic) bond motifs is 1. The molecule has 0 saturated heterocycles. The van der Waals surface area contributed by atoms with Crippen molar-refractivity contribution in [2.45, 2.75) is 20.3 Å². The highest BCUT2D eigenvalue weighted by Crippen LogP contribution is 2.26. The van der Waals surface area contributed by atoms with Crippen LogP contribution in [0.25, 0.3) is 6.08 Å². The third-order valence-corrected chi connectivity index (χ3v) is 2.83. The van der Waals surface area contributed by atoms with Gasteiger partial charge in [-0.05, 0) is 35.3 Å². The fraction of sp³-hybridized carbons (Fsp3) is 0.400. The van der Waals surface area contributed by atoms with Crippen LogP contribution in [-0.2, 0) is 11.2 Å². The SMILES string of the molecule is CC(C)CNC(=O)/C=C/c1ccc2c(c1)CCO2. The highest BCUT2D eigenvalue weighted by Gasteiger charge is 2.10. The first kappa shape index (κ1) is 12.7. The third-order valence-electron chi connectivity index (χ3n) is 2.83. The van der Waals surface area contributed by atoms with Crippen molar-refractivity contribution in [2.24, 2.45) is 5.92 Å². The second-order valence-corrected chi connectivity index (χ2v) is 4.94. The largest absolute Gasteiger partial charge is 0.493 e. The number of benzene rings is 1. The molecule has 1 heterocycles. The van der Waals surface area contributed by atoms with Crippen LogP contribution >= 0.6 is 0 Å². The summed E-state index contributed by atoms with van der Waals surface area (Å²) >= 11 is 0. The number of ether oxygens (including phenoxy) is 1. The van der Waals surface area contributed by atoms with Crippen molar-refractivity contribution in [1.82, 2.24) is 5.32 Å². The molecule has 0 atom stereocenters. The fourth-order valence-corrected chi connectivity index (χ4v) is 1.85. The molecule has 1 aliphatic heterocycles. The molecule has 1 aliphatic rings. The van der Waals surface area contributed by atoms with E-state index >= 15 is 0 Å². The van der Waals surface area contributed by atoms with Crippen LogP contribution in [0.3, 0.4) is 0 Å². The van der Waals surface area contributed by atoms with Gasteiger partial charge in [0.25, 0.3) is 0 Å². The Hall–Kier alpha value is -1.77. The molecule has 1 amide bonds. The molecule has 3 nitrogen and oxygen atoms in total. The molecule has 3 heteroatoms. The van der Waals surface area contributed by atoms with Crippen LogP contribution < -0.4 is 10.1 Å². The second kappa shape index (κ2) is 5.71. The van der Waals surface area contributed by atoms with Crippen LogP contribution in [-0.4, -0.2) is 19.1 Å². The lowest BCUT2D eigenvalue weighted by atomic mass is 10.1. The summed E-state index contributed by atoms with van der Waals surface area (Å²) in [7, 11) is 0. The summed E-state index contributed by atoms with van der Waals surface area (Å²) < 4.78 is 5.44. The number of amides is 1. The Morgan fingerprint density at radius 3 is 3.11 bits per heavy atom. The van der Waals surface area contributed by atoms with Crippen molar-refractivity contribution in [3.8, 4) is 5.75 Å². The molecule has 2 rings (SSSR count). The van der Waals surface area contributed by atoms with Gasteiger partial charge in [0.15, 0.2) is 0 Å². The fourth-order valence-electron chi connectivity index (χ4n) is 1.85. The Kier molecular flexibility index (Phi) is 4.03. The maximum absolute atomic E-state index is 11.5. The molecular formula is C15H19NO2. The Labute approximate surface area is 108 Å². The average Bonchev–Trinajstić information content (AvgIpc) is 2.81. The van der Waals surface area contributed by atoms with Gasteiger partial charge in [0, 0.05) is 19.0 Å². The number of nitrogens with one attached hydrogen (secondary N) is 1. The van der Waals surface area contributed by atoms with Gasteiger partial charge in [0.05, 0.1) is 6.61 Å². The number of hydrogen-bond acceptors (Lipinski definition) is 2. The molecule has 0 radical (unpaired) electrons. The lowest BCUT2D eigenvalue weighted by molar-refractivity contribution is -0.116. The van der Waals surface area contributed by atoms with Crippen LogP contribution in [0.1, 0.15) is 25.0 Å². The number of carbonyl (C=O) groups is 1. The zero-order valence-corrected chi connectivity index (χ0v) is 10.9. The highest BCUT2D eigenvalue weighted by atomic mass is 16.5. The molecule has 0 unspecified atom stereocenters. The van der Waals surface area contributed by atoms with Crippen LogP contribution in [0.4, 0.5) is 0 Å². The van der Waals surface area contributed by atoms with E-state index in [0.717, 1.165) is 24.3 Å². The molecule has 1 aromatic carbocycles. The van der Waals surface area contributed by atoms with E-state index in [-0.39, 0.29) is 5.91 Å². The van der Waals surface area contributed by atoms with Gasteiger partial charge in [0.1, 0.15) is 5.75 Å². The van der Waals surface area contributed by atoms with Gasteiger partial charge in [-0.1, -0.05) is 19.9 Å². The van der Waals surface area contributed by atoms with Crippen molar-refractivity contribution >= 4 is 12.0 Å². The molecular weight excluding hydrogens is 226 g/mol. The standard InChI is InChI=1S/C15H19NO2/c1-11(2)10-16-15(17)6-4-12-3-5-14-13(9-12)7-8-18-14/h3-6,9,11H,7-8,10H2,1-2H3,(H,16,17)/b6-4+. The van der Waals surface area contributed by atoms with E-state index in [0.29, 0.717) is 12.5 Å². The van der Waals surface area contributed by atoms with E-state index in [9.17, 15) is 4.79 Å². The van der Waals surface area contributed by atoms with E-state index in [2.05, 4.69) is 25.2 Å². The van der Waals surface area contributed by atoms with Gasteiger partial charge in [0.2, 0.25) is 5.91 Å². The van der Waals surface area contributed by atoms with Gasteiger partial charge in [-0.2, -0.15) is 0 Å². The molecule has 18 heavy (non-hydrogen) atoms. The van der Waals surface area contributed by atoms with Crippen LogP contribution in [0.2, 0.25) is 0 Å². The van der Waals surface area contributed by atoms with E-state index in [1.807, 2.05) is 18.2 Å². The first-order valence-corrected chi connectivity index (χ1v) is 6.37. The van der Waals surface area contributed by atoms with Crippen molar-refractivity contribution in [3.05, 3.63) is 35.4 Å². The molecule has 0 aromatic heterocycles. The summed E-state index contributed by atoms with van der Waals surface area (Å²) in [6, 6.07) is 6.01. The summed E-state index contributed by atoms with van der Waals surface area (Å²) in [6.45, 7) is 5.62. The van der Waals surface area contributed by atoms with E-state index in [4.69, 9.17) is 4.74 Å². The Morgan fingerprint density at radius 1 is 1.50 bits per heavy atom. The lowest BCUT2D eigenvalue weighted by Crippen LogP contribution is -2.25. The summed E-state index contributed by atoms with van der Waals surface area (Å²) in [5, 5.41) is 2.85. The quantitative estimate of drug-likeness (QED) is 0.827. The normalized spacial score (nSPS) is 13.7. The third kappa shape index (κ3) is 3.36. The summed E-state index contributed by atoms with van der Waals surface area (Å²) in [5.41, 5.74) is 2.26.